The first-order chi connectivity index (χ1) is 18.5. The second-order valence-electron chi connectivity index (χ2n) is 8.99. The first-order valence-electron chi connectivity index (χ1n) is 12.2. The average Bonchev–Trinajstić information content (AvgIpc) is 2.94. The number of thioether (sulfide) groups is 1. The number of fused-ring (bicyclic) bond motifs is 1. The van der Waals surface area contributed by atoms with E-state index in [0.717, 1.165) is 31.7 Å². The smallest absolute Gasteiger partial charge is 0.266 e. The van der Waals surface area contributed by atoms with Crippen molar-refractivity contribution in [2.75, 3.05) is 43.9 Å². The molecule has 0 bridgehead atoms. The minimum atomic E-state index is -0.301. The molecule has 1 fully saturated rings. The Kier molecular flexibility index (Phi) is 8.07. The molecule has 1 aliphatic heterocycles. The number of amides is 1. The molecular formula is C28H27ClN6O2S. The highest BCUT2D eigenvalue weighted by atomic mass is 35.5. The van der Waals surface area contributed by atoms with Crippen molar-refractivity contribution in [3.63, 3.8) is 0 Å². The van der Waals surface area contributed by atoms with Crippen LogP contribution >= 0.6 is 23.4 Å². The summed E-state index contributed by atoms with van der Waals surface area (Å²) in [6.07, 6.45) is 1.62. The Morgan fingerprint density at radius 2 is 1.68 bits per heavy atom. The van der Waals surface area contributed by atoms with Crippen LogP contribution in [0, 0.1) is 0 Å². The number of carbonyl (C=O) groups excluding carboxylic acids is 1. The van der Waals surface area contributed by atoms with E-state index in [1.54, 1.807) is 48.7 Å². The van der Waals surface area contributed by atoms with Crippen molar-refractivity contribution in [3.05, 3.63) is 93.7 Å². The molecule has 1 amide bonds. The number of rotatable bonds is 7. The molecule has 1 aliphatic rings. The summed E-state index contributed by atoms with van der Waals surface area (Å²) < 4.78 is 1.50. The Bertz CT molecular complexity index is 1510. The fraction of sp³-hybridized carbons (Fsp3) is 0.214. The lowest BCUT2D eigenvalue weighted by Gasteiger charge is -2.34. The maximum atomic E-state index is 13.3. The molecule has 194 valence electrons. The third kappa shape index (κ3) is 6.07. The van der Waals surface area contributed by atoms with Crippen molar-refractivity contribution in [1.82, 2.24) is 19.9 Å². The maximum absolute atomic E-state index is 13.3. The Hall–Kier alpha value is -3.66. The van der Waals surface area contributed by atoms with Gasteiger partial charge in [0, 0.05) is 36.9 Å². The van der Waals surface area contributed by atoms with Crippen molar-refractivity contribution in [3.8, 4) is 5.69 Å². The van der Waals surface area contributed by atoms with Crippen LogP contribution in [0.5, 0.6) is 0 Å². The van der Waals surface area contributed by atoms with Gasteiger partial charge in [-0.1, -0.05) is 47.6 Å². The highest BCUT2D eigenvalue weighted by Gasteiger charge is 2.15. The van der Waals surface area contributed by atoms with Crippen LogP contribution < -0.4 is 15.9 Å². The van der Waals surface area contributed by atoms with Crippen LogP contribution in [0.1, 0.15) is 5.56 Å². The number of nitrogens with one attached hydrogen (secondary N) is 1. The molecule has 10 heteroatoms. The summed E-state index contributed by atoms with van der Waals surface area (Å²) in [6.45, 7) is 4.13. The molecule has 5 rings (SSSR count). The summed E-state index contributed by atoms with van der Waals surface area (Å²) in [5.74, 6) is -0.261. The molecule has 0 saturated carbocycles. The third-order valence-corrected chi connectivity index (χ3v) is 7.52. The van der Waals surface area contributed by atoms with Gasteiger partial charge < -0.3 is 9.80 Å². The number of benzene rings is 3. The first-order valence-corrected chi connectivity index (χ1v) is 13.6. The van der Waals surface area contributed by atoms with Gasteiger partial charge in [-0.2, -0.15) is 5.10 Å². The molecule has 3 aromatic carbocycles. The van der Waals surface area contributed by atoms with Crippen molar-refractivity contribution in [1.29, 1.82) is 0 Å². The van der Waals surface area contributed by atoms with Crippen LogP contribution in [-0.4, -0.2) is 65.6 Å². The second-order valence-corrected chi connectivity index (χ2v) is 10.4. The number of hydrogen-bond acceptors (Lipinski definition) is 7. The summed E-state index contributed by atoms with van der Waals surface area (Å²) in [4.78, 5) is 35.2. The molecule has 1 aromatic heterocycles. The van der Waals surface area contributed by atoms with Gasteiger partial charge in [-0.25, -0.2) is 10.4 Å². The first kappa shape index (κ1) is 26.0. The Morgan fingerprint density at radius 3 is 2.42 bits per heavy atom. The van der Waals surface area contributed by atoms with Crippen molar-refractivity contribution in [2.24, 2.45) is 5.10 Å². The van der Waals surface area contributed by atoms with E-state index in [2.05, 4.69) is 44.5 Å². The van der Waals surface area contributed by atoms with Crippen LogP contribution in [0.3, 0.4) is 0 Å². The third-order valence-electron chi connectivity index (χ3n) is 6.33. The van der Waals surface area contributed by atoms with E-state index in [4.69, 9.17) is 11.6 Å². The van der Waals surface area contributed by atoms with Crippen LogP contribution in [0.15, 0.2) is 87.8 Å². The van der Waals surface area contributed by atoms with Gasteiger partial charge in [-0.3, -0.25) is 14.2 Å². The van der Waals surface area contributed by atoms with E-state index in [9.17, 15) is 9.59 Å². The van der Waals surface area contributed by atoms with Gasteiger partial charge >= 0.3 is 0 Å². The molecule has 38 heavy (non-hydrogen) atoms. The fourth-order valence-electron chi connectivity index (χ4n) is 4.20. The highest BCUT2D eigenvalue weighted by molar-refractivity contribution is 7.99. The highest BCUT2D eigenvalue weighted by Crippen LogP contribution is 2.22. The fourth-order valence-corrected chi connectivity index (χ4v) is 5.14. The number of carbonyl (C=O) groups is 1. The average molecular weight is 547 g/mol. The number of hydrazone groups is 1. The summed E-state index contributed by atoms with van der Waals surface area (Å²) in [5.41, 5.74) is 5.63. The summed E-state index contributed by atoms with van der Waals surface area (Å²) in [6, 6.07) is 22.2. The quantitative estimate of drug-likeness (QED) is 0.163. The second kappa shape index (κ2) is 11.8. The number of anilines is 1. The Balaban J connectivity index is 1.24. The zero-order valence-electron chi connectivity index (χ0n) is 20.9. The van der Waals surface area contributed by atoms with Gasteiger partial charge in [-0.15, -0.1) is 0 Å². The van der Waals surface area contributed by atoms with Crippen molar-refractivity contribution < 1.29 is 4.79 Å². The van der Waals surface area contributed by atoms with E-state index < -0.39 is 0 Å². The number of aromatic nitrogens is 2. The standard InChI is InChI=1S/C28H27ClN6O2S/c1-33-14-16-34(17-15-33)22-10-6-20(7-11-22)18-30-32-26(36)19-38-28-31-25-5-3-2-4-24(25)27(37)35(28)23-12-8-21(29)9-13-23/h2-13,18H,14-17,19H2,1H3,(H,32,36)/b30-18+. The monoisotopic (exact) mass is 546 g/mol. The molecular weight excluding hydrogens is 520 g/mol. The van der Waals surface area contributed by atoms with Crippen molar-refractivity contribution >= 4 is 52.1 Å². The molecule has 0 aliphatic carbocycles. The summed E-state index contributed by atoms with van der Waals surface area (Å²) in [5, 5.41) is 5.58. The number of piperazine rings is 1. The summed E-state index contributed by atoms with van der Waals surface area (Å²) in [7, 11) is 2.14. The molecule has 4 aromatic rings. The number of nitrogens with zero attached hydrogens (tertiary/aromatic N) is 5. The number of likely N-dealkylation sites (N-methyl/N-ethyl adjacent to an activating group) is 1. The predicted molar refractivity (Wildman–Crippen MR) is 155 cm³/mol. The lowest BCUT2D eigenvalue weighted by molar-refractivity contribution is -0.118. The van der Waals surface area contributed by atoms with Gasteiger partial charge in [0.1, 0.15) is 0 Å². The normalized spacial score (nSPS) is 14.3. The maximum Gasteiger partial charge on any atom is 0.266 e. The molecule has 2 heterocycles. The van der Waals surface area contributed by atoms with Crippen LogP contribution in [0.4, 0.5) is 5.69 Å². The van der Waals surface area contributed by atoms with Crippen LogP contribution in [-0.2, 0) is 4.79 Å². The van der Waals surface area contributed by atoms with E-state index in [-0.39, 0.29) is 17.2 Å². The predicted octanol–water partition coefficient (Wildman–Crippen LogP) is 4.03. The summed E-state index contributed by atoms with van der Waals surface area (Å²) >= 11 is 7.21. The largest absolute Gasteiger partial charge is 0.369 e. The lowest BCUT2D eigenvalue weighted by atomic mass is 10.2. The molecule has 0 spiro atoms. The molecule has 8 nitrogen and oxygen atoms in total. The SMILES string of the molecule is CN1CCN(c2ccc(/C=N/NC(=O)CSc3nc4ccccc4c(=O)n3-c3ccc(Cl)cc3)cc2)CC1. The van der Waals surface area contributed by atoms with Crippen molar-refractivity contribution in [2.45, 2.75) is 5.16 Å². The minimum Gasteiger partial charge on any atom is -0.369 e. The van der Waals surface area contributed by atoms with E-state index in [0.29, 0.717) is 26.8 Å². The van der Waals surface area contributed by atoms with Crippen LogP contribution in [0.25, 0.3) is 16.6 Å². The Morgan fingerprint density at radius 1 is 1.00 bits per heavy atom. The zero-order valence-corrected chi connectivity index (χ0v) is 22.5. The molecule has 0 radical (unpaired) electrons. The molecule has 1 N–H and O–H groups in total. The van der Waals surface area contributed by atoms with E-state index in [1.807, 2.05) is 18.2 Å². The number of halogens is 1. The van der Waals surface area contributed by atoms with Gasteiger partial charge in [0.05, 0.1) is 28.6 Å². The molecule has 0 unspecified atom stereocenters. The molecule has 0 atom stereocenters. The topological polar surface area (TPSA) is 82.8 Å². The Labute approximate surface area is 229 Å². The number of para-hydroxylation sites is 1. The zero-order chi connectivity index (χ0) is 26.5. The molecule has 1 saturated heterocycles. The van der Waals surface area contributed by atoms with Gasteiger partial charge in [0.2, 0.25) is 0 Å². The van der Waals surface area contributed by atoms with Gasteiger partial charge in [0.25, 0.3) is 11.5 Å². The number of hydrogen-bond donors (Lipinski definition) is 1. The van der Waals surface area contributed by atoms with Crippen LogP contribution in [0.2, 0.25) is 5.02 Å². The lowest BCUT2D eigenvalue weighted by Crippen LogP contribution is -2.44. The van der Waals surface area contributed by atoms with E-state index >= 15 is 0 Å². The van der Waals surface area contributed by atoms with E-state index in [1.165, 1.54) is 22.0 Å². The minimum absolute atomic E-state index is 0.0397. The van der Waals surface area contributed by atoms with Gasteiger partial charge in [0.15, 0.2) is 5.16 Å². The van der Waals surface area contributed by atoms with Gasteiger partial charge in [-0.05, 0) is 61.1 Å².